The maximum Gasteiger partial charge on any atom is 0.0892 e. The summed E-state index contributed by atoms with van der Waals surface area (Å²) in [7, 11) is 0. The minimum atomic E-state index is 0.782. The van der Waals surface area contributed by atoms with Crippen LogP contribution >= 0.6 is 0 Å². The molecule has 0 saturated heterocycles. The Morgan fingerprint density at radius 1 is 0.250 bits per heavy atom. The summed E-state index contributed by atoms with van der Waals surface area (Å²) in [5.74, 6) is 0. The molecule has 13 rings (SSSR count). The van der Waals surface area contributed by atoms with Gasteiger partial charge in [-0.1, -0.05) is 24.3 Å². The molecule has 298 valence electrons. The standard InChI is InChI=1S/C52H30N12/c1-5-33-45(57-21-17-53-33)25-29(1)49-37-9-11-39(61-37)50(30-2-6-34-46(26-30)58-22-18-54-34)41-13-15-43(63-41)52(32-4-8-36-48(28-32)60-24-20-56-36)44-16-14-42(64-44)51(40-12-10-38(49)62-40)31-3-7-35-47(27-31)59-23-19-55-35/h1-28,61,64H. The minimum absolute atomic E-state index is 0.782. The molecular weight excluding hydrogens is 793 g/mol. The lowest BCUT2D eigenvalue weighted by Gasteiger charge is -2.08. The molecule has 0 aliphatic carbocycles. The quantitative estimate of drug-likeness (QED) is 0.175. The van der Waals surface area contributed by atoms with Crippen molar-refractivity contribution in [1.82, 2.24) is 59.8 Å². The van der Waals surface area contributed by atoms with Crippen LogP contribution in [-0.2, 0) is 0 Å². The minimum Gasteiger partial charge on any atom is -0.354 e. The molecular formula is C52H30N12. The van der Waals surface area contributed by atoms with E-state index in [-0.39, 0.29) is 0 Å². The molecule has 64 heavy (non-hydrogen) atoms. The molecule has 4 aromatic carbocycles. The summed E-state index contributed by atoms with van der Waals surface area (Å²) in [5, 5.41) is 0. The van der Waals surface area contributed by atoms with Crippen LogP contribution in [0, 0.1) is 0 Å². The molecule has 2 N–H and O–H groups in total. The molecule has 2 aliphatic heterocycles. The van der Waals surface area contributed by atoms with Crippen LogP contribution in [0.5, 0.6) is 0 Å². The molecule has 9 heterocycles. The first-order chi connectivity index (χ1) is 31.7. The van der Waals surface area contributed by atoms with E-state index in [2.05, 4.69) is 147 Å². The molecule has 0 atom stereocenters. The smallest absolute Gasteiger partial charge is 0.0892 e. The van der Waals surface area contributed by atoms with Gasteiger partial charge in [0.05, 0.1) is 66.9 Å². The van der Waals surface area contributed by atoms with Gasteiger partial charge in [0.15, 0.2) is 0 Å². The lowest BCUT2D eigenvalue weighted by Crippen LogP contribution is -1.91. The first kappa shape index (κ1) is 35.6. The van der Waals surface area contributed by atoms with Gasteiger partial charge in [-0.3, -0.25) is 39.9 Å². The highest BCUT2D eigenvalue weighted by Gasteiger charge is 2.20. The molecule has 12 nitrogen and oxygen atoms in total. The molecule has 11 aromatic rings. The van der Waals surface area contributed by atoms with Crippen molar-refractivity contribution >= 4 is 90.5 Å². The van der Waals surface area contributed by atoms with E-state index in [1.165, 1.54) is 0 Å². The highest BCUT2D eigenvalue weighted by atomic mass is 14.8. The molecule has 2 aliphatic rings. The Kier molecular flexibility index (Phi) is 7.90. The van der Waals surface area contributed by atoms with Crippen LogP contribution in [0.4, 0.5) is 0 Å². The van der Waals surface area contributed by atoms with Gasteiger partial charge >= 0.3 is 0 Å². The number of nitrogens with one attached hydrogen (secondary N) is 2. The van der Waals surface area contributed by atoms with Crippen molar-refractivity contribution in [3.63, 3.8) is 0 Å². The SMILES string of the molecule is C1=Cc2nc1c(-c1ccc3nccnc3c1)c1ccc([nH]1)c(-c1ccc3nccnc3c1)c1nc(c(-c3ccc4nccnc4c3)c3ccc([nH]3)c2-c2ccc3nccnc3c2)C=C1. The van der Waals surface area contributed by atoms with Crippen molar-refractivity contribution < 1.29 is 0 Å². The van der Waals surface area contributed by atoms with Gasteiger partial charge in [-0.2, -0.15) is 0 Å². The van der Waals surface area contributed by atoms with Crippen molar-refractivity contribution in [2.75, 3.05) is 0 Å². The Labute approximate surface area is 363 Å². The Morgan fingerprint density at radius 2 is 0.484 bits per heavy atom. The number of benzene rings is 4. The van der Waals surface area contributed by atoms with Gasteiger partial charge in [-0.25, -0.2) is 9.97 Å². The molecule has 0 unspecified atom stereocenters. The van der Waals surface area contributed by atoms with Crippen LogP contribution in [0.1, 0.15) is 22.8 Å². The van der Waals surface area contributed by atoms with Crippen molar-refractivity contribution in [3.8, 4) is 44.5 Å². The number of fused-ring (bicyclic) bond motifs is 12. The third-order valence-electron chi connectivity index (χ3n) is 11.8. The van der Waals surface area contributed by atoms with Crippen molar-refractivity contribution in [2.45, 2.75) is 0 Å². The van der Waals surface area contributed by atoms with Crippen LogP contribution in [0.3, 0.4) is 0 Å². The molecule has 0 radical (unpaired) electrons. The summed E-state index contributed by atoms with van der Waals surface area (Å²) in [6, 6.07) is 33.1. The van der Waals surface area contributed by atoms with Crippen LogP contribution in [-0.4, -0.2) is 59.8 Å². The van der Waals surface area contributed by atoms with E-state index in [4.69, 9.17) is 9.97 Å². The van der Waals surface area contributed by atoms with E-state index in [1.807, 2.05) is 24.3 Å². The van der Waals surface area contributed by atoms with Gasteiger partial charge in [-0.05, 0) is 119 Å². The summed E-state index contributed by atoms with van der Waals surface area (Å²) in [5.41, 5.74) is 20.3. The normalized spacial score (nSPS) is 12.2. The molecule has 0 fully saturated rings. The monoisotopic (exact) mass is 822 g/mol. The van der Waals surface area contributed by atoms with Crippen molar-refractivity contribution in [3.05, 3.63) is 169 Å². The van der Waals surface area contributed by atoms with Gasteiger partial charge in [0, 0.05) is 93.9 Å². The van der Waals surface area contributed by atoms with Gasteiger partial charge in [0.2, 0.25) is 0 Å². The predicted molar refractivity (Wildman–Crippen MR) is 253 cm³/mol. The van der Waals surface area contributed by atoms with E-state index < -0.39 is 0 Å². The van der Waals surface area contributed by atoms with E-state index in [0.717, 1.165) is 133 Å². The number of nitrogens with zero attached hydrogens (tertiary/aromatic N) is 10. The third-order valence-corrected chi connectivity index (χ3v) is 11.8. The van der Waals surface area contributed by atoms with Crippen LogP contribution < -0.4 is 0 Å². The molecule has 0 spiro atoms. The summed E-state index contributed by atoms with van der Waals surface area (Å²) in [6.07, 6.45) is 22.0. The fraction of sp³-hybridized carbons (Fsp3) is 0. The molecule has 0 saturated carbocycles. The Balaban J connectivity index is 1.19. The van der Waals surface area contributed by atoms with Gasteiger partial charge in [0.1, 0.15) is 0 Å². The molecule has 7 aromatic heterocycles. The second-order valence-electron chi connectivity index (χ2n) is 15.5. The Bertz CT molecular complexity index is 3490. The number of aromatic amines is 2. The van der Waals surface area contributed by atoms with Gasteiger partial charge < -0.3 is 9.97 Å². The van der Waals surface area contributed by atoms with Gasteiger partial charge in [0.25, 0.3) is 0 Å². The van der Waals surface area contributed by atoms with E-state index in [0.29, 0.717) is 0 Å². The van der Waals surface area contributed by atoms with Crippen LogP contribution in [0.25, 0.3) is 135 Å². The van der Waals surface area contributed by atoms with Crippen LogP contribution in [0.15, 0.2) is 147 Å². The Hall–Kier alpha value is -9.16. The predicted octanol–water partition coefficient (Wildman–Crippen LogP) is 11.1. The second kappa shape index (κ2) is 14.2. The number of rotatable bonds is 4. The maximum absolute atomic E-state index is 5.47. The number of hydrogen-bond donors (Lipinski definition) is 2. The molecule has 0 amide bonds. The summed E-state index contributed by atoms with van der Waals surface area (Å²) < 4.78 is 0. The fourth-order valence-corrected chi connectivity index (χ4v) is 8.90. The second-order valence-corrected chi connectivity index (χ2v) is 15.5. The summed E-state index contributed by atoms with van der Waals surface area (Å²) >= 11 is 0. The Morgan fingerprint density at radius 3 is 0.734 bits per heavy atom. The lowest BCUT2D eigenvalue weighted by molar-refractivity contribution is 1.28. The van der Waals surface area contributed by atoms with Crippen LogP contribution in [0.2, 0.25) is 0 Å². The topological polar surface area (TPSA) is 160 Å². The fourth-order valence-electron chi connectivity index (χ4n) is 8.90. The summed E-state index contributed by atoms with van der Waals surface area (Å²) in [6.45, 7) is 0. The maximum atomic E-state index is 5.47. The van der Waals surface area contributed by atoms with Crippen molar-refractivity contribution in [2.24, 2.45) is 0 Å². The van der Waals surface area contributed by atoms with E-state index in [9.17, 15) is 0 Å². The number of H-pyrrole nitrogens is 2. The largest absolute Gasteiger partial charge is 0.354 e. The number of hydrogen-bond acceptors (Lipinski definition) is 10. The highest BCUT2D eigenvalue weighted by Crippen LogP contribution is 2.39. The van der Waals surface area contributed by atoms with Crippen molar-refractivity contribution in [1.29, 1.82) is 0 Å². The van der Waals surface area contributed by atoms with Gasteiger partial charge in [-0.15, -0.1) is 0 Å². The van der Waals surface area contributed by atoms with E-state index in [1.54, 1.807) is 49.6 Å². The first-order valence-corrected chi connectivity index (χ1v) is 20.7. The zero-order chi connectivity index (χ0) is 42.1. The average Bonchev–Trinajstić information content (AvgIpc) is 4.20. The highest BCUT2D eigenvalue weighted by molar-refractivity contribution is 6.02. The molecule has 8 bridgehead atoms. The summed E-state index contributed by atoms with van der Waals surface area (Å²) in [4.78, 5) is 55.6. The average molecular weight is 823 g/mol. The number of aromatic nitrogens is 12. The first-order valence-electron chi connectivity index (χ1n) is 20.7. The zero-order valence-corrected chi connectivity index (χ0v) is 33.6. The zero-order valence-electron chi connectivity index (χ0n) is 33.6. The van der Waals surface area contributed by atoms with E-state index >= 15 is 0 Å². The molecule has 12 heteroatoms. The lowest BCUT2D eigenvalue weighted by atomic mass is 10.0. The third kappa shape index (κ3) is 5.92.